The van der Waals surface area contributed by atoms with Gasteiger partial charge in [-0.25, -0.2) is 4.39 Å². The molecule has 3 rings (SSSR count). The first-order valence-electron chi connectivity index (χ1n) is 6.96. The molecule has 20 heavy (non-hydrogen) atoms. The molecule has 2 heterocycles. The van der Waals surface area contributed by atoms with E-state index in [0.29, 0.717) is 12.6 Å². The van der Waals surface area contributed by atoms with Gasteiger partial charge in [0.1, 0.15) is 5.82 Å². The molecule has 2 aromatic rings. The van der Waals surface area contributed by atoms with Gasteiger partial charge in [0.25, 0.3) is 0 Å². The number of hydrogen-bond donors (Lipinski definition) is 1. The lowest BCUT2D eigenvalue weighted by Gasteiger charge is -2.35. The molecule has 0 fully saturated rings. The summed E-state index contributed by atoms with van der Waals surface area (Å²) in [5.74, 6) is -0.156. The summed E-state index contributed by atoms with van der Waals surface area (Å²) < 4.78 is 13.8. The van der Waals surface area contributed by atoms with Gasteiger partial charge in [-0.05, 0) is 61.2 Å². The second kappa shape index (κ2) is 5.54. The number of nitrogens with zero attached hydrogens (tertiary/aromatic N) is 1. The maximum absolute atomic E-state index is 13.8. The molecule has 0 saturated carbocycles. The Hall–Kier alpha value is -1.39. The summed E-state index contributed by atoms with van der Waals surface area (Å²) in [6.07, 6.45) is 1.05. The van der Waals surface area contributed by atoms with Crippen LogP contribution < -0.4 is 10.2 Å². The van der Waals surface area contributed by atoms with Crippen molar-refractivity contribution in [1.82, 2.24) is 5.32 Å². The topological polar surface area (TPSA) is 15.3 Å². The first-order valence-corrected chi connectivity index (χ1v) is 7.84. The third-order valence-electron chi connectivity index (χ3n) is 3.93. The Balaban J connectivity index is 1.93. The van der Waals surface area contributed by atoms with E-state index < -0.39 is 0 Å². The molecule has 1 aromatic heterocycles. The van der Waals surface area contributed by atoms with Gasteiger partial charge in [0.15, 0.2) is 0 Å². The maximum Gasteiger partial charge on any atom is 0.125 e. The van der Waals surface area contributed by atoms with Crippen molar-refractivity contribution in [2.45, 2.75) is 25.9 Å². The predicted octanol–water partition coefficient (Wildman–Crippen LogP) is 3.73. The van der Waals surface area contributed by atoms with Crippen molar-refractivity contribution in [2.24, 2.45) is 0 Å². The van der Waals surface area contributed by atoms with Crippen molar-refractivity contribution in [2.75, 3.05) is 18.5 Å². The molecule has 0 radical (unpaired) electrons. The zero-order valence-corrected chi connectivity index (χ0v) is 12.6. The fourth-order valence-corrected chi connectivity index (χ4v) is 3.93. The van der Waals surface area contributed by atoms with Gasteiger partial charge < -0.3 is 10.2 Å². The standard InChI is InChI=1S/C16H19FN2S/c1-11-15-4-6-20-16(15)3-5-19(11)14-8-12(10-18-2)7-13(17)9-14/h4,6-9,11,18H,3,5,10H2,1-2H3. The van der Waals surface area contributed by atoms with Gasteiger partial charge in [0.05, 0.1) is 6.04 Å². The van der Waals surface area contributed by atoms with Crippen molar-refractivity contribution in [3.05, 3.63) is 51.5 Å². The molecular weight excluding hydrogens is 271 g/mol. The van der Waals surface area contributed by atoms with Crippen LogP contribution in [0.2, 0.25) is 0 Å². The average molecular weight is 290 g/mol. The Labute approximate surface area is 123 Å². The Morgan fingerprint density at radius 1 is 1.40 bits per heavy atom. The number of anilines is 1. The summed E-state index contributed by atoms with van der Waals surface area (Å²) in [6.45, 7) is 3.85. The number of nitrogens with one attached hydrogen (secondary N) is 1. The molecule has 1 N–H and O–H groups in total. The first-order chi connectivity index (χ1) is 9.69. The quantitative estimate of drug-likeness (QED) is 0.926. The van der Waals surface area contributed by atoms with E-state index in [9.17, 15) is 4.39 Å². The van der Waals surface area contributed by atoms with Crippen LogP contribution in [0, 0.1) is 5.82 Å². The van der Waals surface area contributed by atoms with E-state index >= 15 is 0 Å². The lowest BCUT2D eigenvalue weighted by Crippen LogP contribution is -2.33. The molecule has 1 atom stereocenters. The highest BCUT2D eigenvalue weighted by molar-refractivity contribution is 7.10. The monoisotopic (exact) mass is 290 g/mol. The predicted molar refractivity (Wildman–Crippen MR) is 82.9 cm³/mol. The molecule has 0 aliphatic carbocycles. The lowest BCUT2D eigenvalue weighted by molar-refractivity contribution is 0.608. The van der Waals surface area contributed by atoms with Crippen molar-refractivity contribution < 1.29 is 4.39 Å². The molecule has 1 unspecified atom stereocenters. The van der Waals surface area contributed by atoms with Crippen LogP contribution in [-0.4, -0.2) is 13.6 Å². The van der Waals surface area contributed by atoms with Crippen LogP contribution in [0.1, 0.15) is 29.0 Å². The number of fused-ring (bicyclic) bond motifs is 1. The highest BCUT2D eigenvalue weighted by atomic mass is 32.1. The fraction of sp³-hybridized carbons (Fsp3) is 0.375. The molecule has 106 valence electrons. The van der Waals surface area contributed by atoms with E-state index in [1.807, 2.05) is 18.4 Å². The minimum absolute atomic E-state index is 0.156. The van der Waals surface area contributed by atoms with Crippen LogP contribution in [0.3, 0.4) is 0 Å². The summed E-state index contributed by atoms with van der Waals surface area (Å²) >= 11 is 1.83. The van der Waals surface area contributed by atoms with E-state index in [4.69, 9.17) is 0 Å². The summed E-state index contributed by atoms with van der Waals surface area (Å²) in [5.41, 5.74) is 3.37. The second-order valence-electron chi connectivity index (χ2n) is 5.27. The van der Waals surface area contributed by atoms with Gasteiger partial charge in [-0.3, -0.25) is 0 Å². The van der Waals surface area contributed by atoms with E-state index in [2.05, 4.69) is 34.7 Å². The lowest BCUT2D eigenvalue weighted by atomic mass is 10.00. The molecule has 2 nitrogen and oxygen atoms in total. The van der Waals surface area contributed by atoms with Gasteiger partial charge in [0, 0.05) is 23.7 Å². The largest absolute Gasteiger partial charge is 0.364 e. The average Bonchev–Trinajstić information content (AvgIpc) is 2.88. The zero-order chi connectivity index (χ0) is 14.1. The molecule has 0 amide bonds. The van der Waals surface area contributed by atoms with E-state index in [1.54, 1.807) is 12.1 Å². The normalized spacial score (nSPS) is 18.1. The Morgan fingerprint density at radius 2 is 2.25 bits per heavy atom. The molecule has 4 heteroatoms. The number of rotatable bonds is 3. The Kier molecular flexibility index (Phi) is 3.76. The van der Waals surface area contributed by atoms with Crippen LogP contribution in [0.15, 0.2) is 29.6 Å². The van der Waals surface area contributed by atoms with Crippen molar-refractivity contribution in [1.29, 1.82) is 0 Å². The maximum atomic E-state index is 13.8. The SMILES string of the molecule is CNCc1cc(F)cc(N2CCc3sccc3C2C)c1. The Morgan fingerprint density at radius 3 is 3.05 bits per heavy atom. The number of halogens is 1. The molecule has 1 aliphatic heterocycles. The fourth-order valence-electron chi connectivity index (χ4n) is 2.97. The van der Waals surface area contributed by atoms with Crippen molar-refractivity contribution >= 4 is 17.0 Å². The van der Waals surface area contributed by atoms with Crippen LogP contribution in [0.5, 0.6) is 0 Å². The minimum atomic E-state index is -0.156. The third kappa shape index (κ3) is 2.45. The molecule has 1 aliphatic rings. The highest BCUT2D eigenvalue weighted by Gasteiger charge is 2.25. The van der Waals surface area contributed by atoms with Crippen LogP contribution >= 0.6 is 11.3 Å². The third-order valence-corrected chi connectivity index (χ3v) is 4.93. The molecule has 0 bridgehead atoms. The summed E-state index contributed by atoms with van der Waals surface area (Å²) in [5, 5.41) is 5.24. The van der Waals surface area contributed by atoms with E-state index in [-0.39, 0.29) is 5.82 Å². The first kappa shape index (κ1) is 13.6. The Bertz CT molecular complexity index is 608. The number of hydrogen-bond acceptors (Lipinski definition) is 3. The second-order valence-corrected chi connectivity index (χ2v) is 6.27. The molecule has 0 saturated heterocycles. The molecule has 0 spiro atoms. The van der Waals surface area contributed by atoms with Gasteiger partial charge in [0.2, 0.25) is 0 Å². The van der Waals surface area contributed by atoms with Crippen LogP contribution in [0.4, 0.5) is 10.1 Å². The number of thiophene rings is 1. The van der Waals surface area contributed by atoms with E-state index in [0.717, 1.165) is 24.2 Å². The van der Waals surface area contributed by atoms with Gasteiger partial charge in [-0.15, -0.1) is 11.3 Å². The smallest absolute Gasteiger partial charge is 0.125 e. The van der Waals surface area contributed by atoms with E-state index in [1.165, 1.54) is 10.4 Å². The zero-order valence-electron chi connectivity index (χ0n) is 11.8. The van der Waals surface area contributed by atoms with Gasteiger partial charge in [-0.2, -0.15) is 0 Å². The minimum Gasteiger partial charge on any atom is -0.364 e. The summed E-state index contributed by atoms with van der Waals surface area (Å²) in [6, 6.07) is 7.85. The van der Waals surface area contributed by atoms with Gasteiger partial charge in [-0.1, -0.05) is 0 Å². The van der Waals surface area contributed by atoms with Crippen molar-refractivity contribution in [3.63, 3.8) is 0 Å². The van der Waals surface area contributed by atoms with Crippen LogP contribution in [0.25, 0.3) is 0 Å². The molecular formula is C16H19FN2S. The highest BCUT2D eigenvalue weighted by Crippen LogP contribution is 2.36. The summed E-state index contributed by atoms with van der Waals surface area (Å²) in [4.78, 5) is 3.78. The number of benzene rings is 1. The molecule has 1 aromatic carbocycles. The van der Waals surface area contributed by atoms with Gasteiger partial charge >= 0.3 is 0 Å². The summed E-state index contributed by atoms with van der Waals surface area (Å²) in [7, 11) is 1.88. The van der Waals surface area contributed by atoms with Crippen molar-refractivity contribution in [3.8, 4) is 0 Å². The van der Waals surface area contributed by atoms with Crippen LogP contribution in [-0.2, 0) is 13.0 Å².